The minimum absolute atomic E-state index is 0.00872. The average molecular weight is 355 g/mol. The number of piperidine rings is 1. The van der Waals surface area contributed by atoms with E-state index in [1.54, 1.807) is 19.0 Å². The van der Waals surface area contributed by atoms with Crippen molar-refractivity contribution in [3.05, 3.63) is 29.3 Å². The fourth-order valence-corrected chi connectivity index (χ4v) is 2.89. The third-order valence-corrected chi connectivity index (χ3v) is 4.17. The third kappa shape index (κ3) is 4.58. The summed E-state index contributed by atoms with van der Waals surface area (Å²) in [5, 5.41) is 2.68. The number of methoxy groups -OCH3 is 1. The van der Waals surface area contributed by atoms with Crippen LogP contribution in [0.5, 0.6) is 5.75 Å². The predicted molar refractivity (Wildman–Crippen MR) is 88.1 cm³/mol. The summed E-state index contributed by atoms with van der Waals surface area (Å²) in [6.07, 6.45) is 1.41. The summed E-state index contributed by atoms with van der Waals surface area (Å²) >= 11 is 0. The monoisotopic (exact) mass is 355 g/mol. The van der Waals surface area contributed by atoms with Gasteiger partial charge in [0.1, 0.15) is 0 Å². The molecule has 2 rings (SSSR count). The summed E-state index contributed by atoms with van der Waals surface area (Å²) < 4.78 is 32.0. The minimum atomic E-state index is -0.813. The number of ether oxygens (including phenoxy) is 1. The number of likely N-dealkylation sites (tertiary alicyclic amines) is 1. The topological polar surface area (TPSA) is 61.9 Å². The highest BCUT2D eigenvalue weighted by molar-refractivity contribution is 5.80. The van der Waals surface area contributed by atoms with Crippen LogP contribution >= 0.6 is 0 Å². The van der Waals surface area contributed by atoms with E-state index in [0.717, 1.165) is 18.6 Å². The first-order chi connectivity index (χ1) is 11.8. The molecule has 1 aliphatic heterocycles. The van der Waals surface area contributed by atoms with Crippen LogP contribution in [0.2, 0.25) is 0 Å². The summed E-state index contributed by atoms with van der Waals surface area (Å²) in [5.74, 6) is -2.63. The van der Waals surface area contributed by atoms with E-state index in [4.69, 9.17) is 0 Å². The summed E-state index contributed by atoms with van der Waals surface area (Å²) in [5.41, 5.74) is 0.307. The van der Waals surface area contributed by atoms with Crippen LogP contribution in [0.25, 0.3) is 0 Å². The number of hydrogen-bond acceptors (Lipinski definition) is 3. The second-order valence-corrected chi connectivity index (χ2v) is 6.27. The van der Waals surface area contributed by atoms with Gasteiger partial charge >= 0.3 is 6.03 Å². The fourth-order valence-electron chi connectivity index (χ4n) is 2.89. The first-order valence-corrected chi connectivity index (χ1v) is 8.09. The van der Waals surface area contributed by atoms with E-state index in [1.165, 1.54) is 12.0 Å². The van der Waals surface area contributed by atoms with E-state index in [1.807, 2.05) is 0 Å². The Kier molecular flexibility index (Phi) is 6.17. The van der Waals surface area contributed by atoms with Gasteiger partial charge in [-0.2, -0.15) is 0 Å². The standard InChI is InChI=1S/C17H23F2N3O3/c1-21(2)17(24)22-6-4-5-12(10-22)16(23)20-9-11-7-13(18)15(25-3)14(19)8-11/h7-8,12H,4-6,9-10H2,1-3H3,(H,20,23). The third-order valence-electron chi connectivity index (χ3n) is 4.17. The molecule has 1 aromatic rings. The molecule has 1 aliphatic rings. The molecule has 0 saturated carbocycles. The van der Waals surface area contributed by atoms with Crippen molar-refractivity contribution in [2.45, 2.75) is 19.4 Å². The summed E-state index contributed by atoms with van der Waals surface area (Å²) in [6.45, 7) is 0.971. The Hall–Kier alpha value is -2.38. The zero-order valence-electron chi connectivity index (χ0n) is 14.6. The molecule has 8 heteroatoms. The Labute approximate surface area is 145 Å². The zero-order valence-corrected chi connectivity index (χ0v) is 14.6. The highest BCUT2D eigenvalue weighted by atomic mass is 19.1. The number of nitrogens with one attached hydrogen (secondary N) is 1. The van der Waals surface area contributed by atoms with E-state index in [2.05, 4.69) is 10.1 Å². The minimum Gasteiger partial charge on any atom is -0.491 e. The van der Waals surface area contributed by atoms with E-state index >= 15 is 0 Å². The lowest BCUT2D eigenvalue weighted by atomic mass is 9.97. The van der Waals surface area contributed by atoms with Crippen molar-refractivity contribution in [3.8, 4) is 5.75 Å². The van der Waals surface area contributed by atoms with Crippen LogP contribution in [0.1, 0.15) is 18.4 Å². The van der Waals surface area contributed by atoms with Gasteiger partial charge in [0, 0.05) is 33.7 Å². The van der Waals surface area contributed by atoms with Crippen molar-refractivity contribution < 1.29 is 23.1 Å². The van der Waals surface area contributed by atoms with E-state index < -0.39 is 17.4 Å². The van der Waals surface area contributed by atoms with Crippen molar-refractivity contribution in [2.75, 3.05) is 34.3 Å². The molecule has 0 radical (unpaired) electrons. The Morgan fingerprint density at radius 1 is 1.32 bits per heavy atom. The maximum absolute atomic E-state index is 13.7. The molecule has 25 heavy (non-hydrogen) atoms. The molecular formula is C17H23F2N3O3. The Balaban J connectivity index is 1.95. The largest absolute Gasteiger partial charge is 0.491 e. The van der Waals surface area contributed by atoms with Gasteiger partial charge in [-0.05, 0) is 30.5 Å². The normalized spacial score (nSPS) is 17.2. The van der Waals surface area contributed by atoms with Crippen molar-refractivity contribution >= 4 is 11.9 Å². The maximum Gasteiger partial charge on any atom is 0.319 e. The number of nitrogens with zero attached hydrogens (tertiary/aromatic N) is 2. The molecule has 1 saturated heterocycles. The van der Waals surface area contributed by atoms with Crippen LogP contribution in [0.15, 0.2) is 12.1 Å². The van der Waals surface area contributed by atoms with Gasteiger partial charge in [0.2, 0.25) is 5.91 Å². The molecule has 3 amide bonds. The van der Waals surface area contributed by atoms with E-state index in [-0.39, 0.29) is 24.4 Å². The first-order valence-electron chi connectivity index (χ1n) is 8.09. The molecular weight excluding hydrogens is 332 g/mol. The van der Waals surface area contributed by atoms with Gasteiger partial charge in [0.15, 0.2) is 17.4 Å². The van der Waals surface area contributed by atoms with Gasteiger partial charge in [-0.1, -0.05) is 0 Å². The number of benzene rings is 1. The molecule has 1 aromatic carbocycles. The Morgan fingerprint density at radius 3 is 2.52 bits per heavy atom. The number of urea groups is 1. The van der Waals surface area contributed by atoms with Crippen LogP contribution in [-0.2, 0) is 11.3 Å². The molecule has 1 fully saturated rings. The zero-order chi connectivity index (χ0) is 18.6. The van der Waals surface area contributed by atoms with Gasteiger partial charge in [-0.3, -0.25) is 4.79 Å². The van der Waals surface area contributed by atoms with Crippen LogP contribution in [-0.4, -0.2) is 56.0 Å². The Morgan fingerprint density at radius 2 is 1.96 bits per heavy atom. The number of carbonyl (C=O) groups is 2. The second-order valence-electron chi connectivity index (χ2n) is 6.27. The predicted octanol–water partition coefficient (Wildman–Crippen LogP) is 1.98. The summed E-state index contributed by atoms with van der Waals surface area (Å²) in [6, 6.07) is 2.13. The van der Waals surface area contributed by atoms with Gasteiger partial charge in [0.25, 0.3) is 0 Å². The van der Waals surface area contributed by atoms with Crippen LogP contribution in [0.4, 0.5) is 13.6 Å². The van der Waals surface area contributed by atoms with E-state index in [0.29, 0.717) is 25.1 Å². The maximum atomic E-state index is 13.7. The van der Waals surface area contributed by atoms with Crippen molar-refractivity contribution in [3.63, 3.8) is 0 Å². The Bertz CT molecular complexity index is 629. The highest BCUT2D eigenvalue weighted by Crippen LogP contribution is 2.23. The molecule has 6 nitrogen and oxygen atoms in total. The van der Waals surface area contributed by atoms with Gasteiger partial charge in [-0.15, -0.1) is 0 Å². The molecule has 0 bridgehead atoms. The fraction of sp³-hybridized carbons (Fsp3) is 0.529. The van der Waals surface area contributed by atoms with Crippen LogP contribution in [0, 0.1) is 17.6 Å². The van der Waals surface area contributed by atoms with E-state index in [9.17, 15) is 18.4 Å². The lowest BCUT2D eigenvalue weighted by Gasteiger charge is -2.33. The number of hydrogen-bond donors (Lipinski definition) is 1. The van der Waals surface area contributed by atoms with Crippen molar-refractivity contribution in [1.29, 1.82) is 0 Å². The smallest absolute Gasteiger partial charge is 0.319 e. The van der Waals surface area contributed by atoms with Crippen LogP contribution < -0.4 is 10.1 Å². The number of amides is 3. The number of carbonyl (C=O) groups excluding carboxylic acids is 2. The molecule has 1 heterocycles. The molecule has 0 aromatic heterocycles. The second kappa shape index (κ2) is 8.13. The quantitative estimate of drug-likeness (QED) is 0.898. The van der Waals surface area contributed by atoms with Gasteiger partial charge < -0.3 is 19.9 Å². The summed E-state index contributed by atoms with van der Waals surface area (Å²) in [7, 11) is 4.52. The molecule has 1 atom stereocenters. The molecule has 0 spiro atoms. The number of halogens is 2. The lowest BCUT2D eigenvalue weighted by molar-refractivity contribution is -0.126. The van der Waals surface area contributed by atoms with Gasteiger partial charge in [0.05, 0.1) is 13.0 Å². The van der Waals surface area contributed by atoms with Gasteiger partial charge in [-0.25, -0.2) is 13.6 Å². The lowest BCUT2D eigenvalue weighted by Crippen LogP contribution is -2.48. The average Bonchev–Trinajstić information content (AvgIpc) is 2.58. The SMILES string of the molecule is COc1c(F)cc(CNC(=O)C2CCCN(C(=O)N(C)C)C2)cc1F. The molecule has 138 valence electrons. The number of rotatable bonds is 4. The summed E-state index contributed by atoms with van der Waals surface area (Å²) in [4.78, 5) is 27.4. The molecule has 1 unspecified atom stereocenters. The first kappa shape index (κ1) is 19.0. The van der Waals surface area contributed by atoms with Crippen LogP contribution in [0.3, 0.4) is 0 Å². The van der Waals surface area contributed by atoms with Crippen molar-refractivity contribution in [1.82, 2.24) is 15.1 Å². The molecule has 0 aliphatic carbocycles. The van der Waals surface area contributed by atoms with Crippen molar-refractivity contribution in [2.24, 2.45) is 5.92 Å². The molecule has 1 N–H and O–H groups in total. The highest BCUT2D eigenvalue weighted by Gasteiger charge is 2.29.